The molecule has 0 aliphatic rings. The van der Waals surface area contributed by atoms with Crippen LogP contribution in [-0.2, 0) is 9.59 Å². The number of carbonyl (C=O) groups excluding carboxylic acids is 2. The summed E-state index contributed by atoms with van der Waals surface area (Å²) in [4.78, 5) is 24.1. The van der Waals surface area contributed by atoms with Crippen LogP contribution in [0, 0.1) is 5.92 Å². The van der Waals surface area contributed by atoms with Crippen molar-refractivity contribution in [2.45, 2.75) is 33.3 Å². The molecule has 0 saturated carbocycles. The Morgan fingerprint density at radius 3 is 2.00 bits per heavy atom. The van der Waals surface area contributed by atoms with E-state index >= 15 is 0 Å². The van der Waals surface area contributed by atoms with Crippen LogP contribution in [0.1, 0.15) is 27.2 Å². The average molecular weight is 370 g/mol. The Morgan fingerprint density at radius 2 is 1.44 bits per heavy atom. The predicted molar refractivity (Wildman–Crippen MR) is 106 cm³/mol. The molecule has 6 heteroatoms. The third-order valence-corrected chi connectivity index (χ3v) is 3.77. The number of para-hydroxylation sites is 2. The van der Waals surface area contributed by atoms with Gasteiger partial charge in [0.2, 0.25) is 5.91 Å². The molecule has 144 valence electrons. The first-order chi connectivity index (χ1) is 12.9. The van der Waals surface area contributed by atoms with Crippen LogP contribution in [0.2, 0.25) is 0 Å². The highest BCUT2D eigenvalue weighted by molar-refractivity contribution is 5.95. The summed E-state index contributed by atoms with van der Waals surface area (Å²) in [5.74, 6) is 1.07. The number of methoxy groups -OCH3 is 1. The number of ether oxygens (including phenoxy) is 2. The summed E-state index contributed by atoms with van der Waals surface area (Å²) >= 11 is 0. The van der Waals surface area contributed by atoms with Crippen LogP contribution in [0.25, 0.3) is 0 Å². The van der Waals surface area contributed by atoms with Crippen LogP contribution in [0.15, 0.2) is 48.5 Å². The van der Waals surface area contributed by atoms with E-state index in [9.17, 15) is 9.59 Å². The normalized spacial score (nSPS) is 11.6. The highest BCUT2D eigenvalue weighted by atomic mass is 16.5. The molecule has 2 rings (SSSR count). The van der Waals surface area contributed by atoms with Crippen LogP contribution in [0.5, 0.6) is 11.5 Å². The summed E-state index contributed by atoms with van der Waals surface area (Å²) in [6, 6.07) is 14.1. The molecule has 2 aromatic rings. The minimum atomic E-state index is -0.702. The molecule has 0 saturated heterocycles. The van der Waals surface area contributed by atoms with Crippen molar-refractivity contribution >= 4 is 23.2 Å². The number of rotatable bonds is 8. The molecule has 0 aromatic heterocycles. The van der Waals surface area contributed by atoms with Crippen molar-refractivity contribution in [3.63, 3.8) is 0 Å². The smallest absolute Gasteiger partial charge is 0.265 e. The van der Waals surface area contributed by atoms with Crippen molar-refractivity contribution in [3.8, 4) is 11.5 Å². The minimum Gasteiger partial charge on any atom is -0.493 e. The Balaban J connectivity index is 1.92. The zero-order valence-corrected chi connectivity index (χ0v) is 16.1. The van der Waals surface area contributed by atoms with Gasteiger partial charge in [0, 0.05) is 17.8 Å². The molecule has 0 aliphatic heterocycles. The van der Waals surface area contributed by atoms with Crippen LogP contribution < -0.4 is 20.1 Å². The van der Waals surface area contributed by atoms with E-state index in [2.05, 4.69) is 10.6 Å². The molecule has 27 heavy (non-hydrogen) atoms. The average Bonchev–Trinajstić information content (AvgIpc) is 2.63. The predicted octanol–water partition coefficient (Wildman–Crippen LogP) is 4.09. The number of anilines is 2. The fourth-order valence-corrected chi connectivity index (χ4v) is 2.42. The van der Waals surface area contributed by atoms with Gasteiger partial charge >= 0.3 is 0 Å². The maximum atomic E-state index is 12.4. The molecule has 0 bridgehead atoms. The lowest BCUT2D eigenvalue weighted by molar-refractivity contribution is -0.122. The summed E-state index contributed by atoms with van der Waals surface area (Å²) < 4.78 is 10.9. The van der Waals surface area contributed by atoms with Crippen molar-refractivity contribution in [1.82, 2.24) is 0 Å². The Labute approximate surface area is 159 Å². The van der Waals surface area contributed by atoms with Gasteiger partial charge in [-0.05, 0) is 49.2 Å². The lowest BCUT2D eigenvalue weighted by Crippen LogP contribution is -2.30. The standard InChI is InChI=1S/C21H26N2O4/c1-14(2)13-20(24)22-16-9-11-17(12-10-16)23-21(25)15(3)27-19-8-6-5-7-18(19)26-4/h5-12,14-15H,13H2,1-4H3,(H,22,24)(H,23,25). The van der Waals surface area contributed by atoms with Crippen molar-refractivity contribution in [1.29, 1.82) is 0 Å². The molecule has 0 radical (unpaired) electrons. The molecule has 1 atom stereocenters. The van der Waals surface area contributed by atoms with Gasteiger partial charge in [0.25, 0.3) is 5.91 Å². The Morgan fingerprint density at radius 1 is 0.889 bits per heavy atom. The summed E-state index contributed by atoms with van der Waals surface area (Å²) in [6.07, 6.45) is -0.234. The zero-order valence-electron chi connectivity index (χ0n) is 16.1. The fraction of sp³-hybridized carbons (Fsp3) is 0.333. The SMILES string of the molecule is COc1ccccc1OC(C)C(=O)Nc1ccc(NC(=O)CC(C)C)cc1. The van der Waals surface area contributed by atoms with Gasteiger partial charge in [-0.15, -0.1) is 0 Å². The summed E-state index contributed by atoms with van der Waals surface area (Å²) in [5.41, 5.74) is 1.31. The van der Waals surface area contributed by atoms with E-state index in [0.29, 0.717) is 35.2 Å². The van der Waals surface area contributed by atoms with Gasteiger partial charge in [-0.25, -0.2) is 0 Å². The molecular weight excluding hydrogens is 344 g/mol. The number of carbonyl (C=O) groups is 2. The second-order valence-corrected chi connectivity index (χ2v) is 6.62. The van der Waals surface area contributed by atoms with Crippen LogP contribution in [-0.4, -0.2) is 25.0 Å². The van der Waals surface area contributed by atoms with Crippen molar-refractivity contribution in [2.75, 3.05) is 17.7 Å². The minimum absolute atomic E-state index is 0.0272. The summed E-state index contributed by atoms with van der Waals surface area (Å²) in [5, 5.41) is 5.63. The maximum absolute atomic E-state index is 12.4. The van der Waals surface area contributed by atoms with E-state index in [1.165, 1.54) is 0 Å². The first-order valence-electron chi connectivity index (χ1n) is 8.89. The molecule has 0 aliphatic carbocycles. The monoisotopic (exact) mass is 370 g/mol. The number of benzene rings is 2. The van der Waals surface area contributed by atoms with Crippen LogP contribution >= 0.6 is 0 Å². The highest BCUT2D eigenvalue weighted by Gasteiger charge is 2.17. The van der Waals surface area contributed by atoms with Gasteiger partial charge in [-0.1, -0.05) is 26.0 Å². The van der Waals surface area contributed by atoms with Gasteiger partial charge in [0.15, 0.2) is 17.6 Å². The first kappa shape index (κ1) is 20.3. The molecule has 0 heterocycles. The van der Waals surface area contributed by atoms with Crippen molar-refractivity contribution in [2.24, 2.45) is 5.92 Å². The van der Waals surface area contributed by atoms with E-state index < -0.39 is 6.10 Å². The maximum Gasteiger partial charge on any atom is 0.265 e. The third-order valence-electron chi connectivity index (χ3n) is 3.77. The van der Waals surface area contributed by atoms with E-state index in [0.717, 1.165) is 0 Å². The lowest BCUT2D eigenvalue weighted by Gasteiger charge is -2.16. The number of nitrogens with one attached hydrogen (secondary N) is 2. The quantitative estimate of drug-likeness (QED) is 0.734. The van der Waals surface area contributed by atoms with Crippen LogP contribution in [0.4, 0.5) is 11.4 Å². The lowest BCUT2D eigenvalue weighted by atomic mass is 10.1. The Hall–Kier alpha value is -3.02. The van der Waals surface area contributed by atoms with Gasteiger partial charge in [-0.2, -0.15) is 0 Å². The van der Waals surface area contributed by atoms with Crippen molar-refractivity contribution < 1.29 is 19.1 Å². The number of hydrogen-bond acceptors (Lipinski definition) is 4. The van der Waals surface area contributed by atoms with Gasteiger partial charge < -0.3 is 20.1 Å². The number of hydrogen-bond donors (Lipinski definition) is 2. The molecule has 2 amide bonds. The van der Waals surface area contributed by atoms with Gasteiger partial charge in [-0.3, -0.25) is 9.59 Å². The van der Waals surface area contributed by atoms with Gasteiger partial charge in [0.05, 0.1) is 7.11 Å². The molecule has 2 N–H and O–H groups in total. The van der Waals surface area contributed by atoms with Gasteiger partial charge in [0.1, 0.15) is 0 Å². The molecule has 0 fully saturated rings. The molecule has 0 spiro atoms. The largest absolute Gasteiger partial charge is 0.493 e. The zero-order chi connectivity index (χ0) is 19.8. The first-order valence-corrected chi connectivity index (χ1v) is 8.89. The molecule has 2 aromatic carbocycles. The van der Waals surface area contributed by atoms with E-state index in [-0.39, 0.29) is 11.8 Å². The number of amides is 2. The Kier molecular flexibility index (Phi) is 7.23. The molecule has 1 unspecified atom stereocenters. The van der Waals surface area contributed by atoms with E-state index in [1.54, 1.807) is 50.4 Å². The Bertz CT molecular complexity index is 772. The van der Waals surface area contributed by atoms with E-state index in [4.69, 9.17) is 9.47 Å². The summed E-state index contributed by atoms with van der Waals surface area (Å²) in [6.45, 7) is 5.65. The molecule has 6 nitrogen and oxygen atoms in total. The van der Waals surface area contributed by atoms with Crippen LogP contribution in [0.3, 0.4) is 0 Å². The second-order valence-electron chi connectivity index (χ2n) is 6.62. The van der Waals surface area contributed by atoms with Crippen molar-refractivity contribution in [3.05, 3.63) is 48.5 Å². The molecular formula is C21H26N2O4. The topological polar surface area (TPSA) is 76.7 Å². The second kappa shape index (κ2) is 9.62. The fourth-order valence-electron chi connectivity index (χ4n) is 2.42. The highest BCUT2D eigenvalue weighted by Crippen LogP contribution is 2.27. The summed E-state index contributed by atoms with van der Waals surface area (Å²) in [7, 11) is 1.55. The third kappa shape index (κ3) is 6.33. The van der Waals surface area contributed by atoms with E-state index in [1.807, 2.05) is 26.0 Å².